The molecule has 3 rings (SSSR count). The third-order valence-corrected chi connectivity index (χ3v) is 4.60. The molecule has 0 saturated heterocycles. The Balaban J connectivity index is 2.06. The number of aliphatic hydroxyl groups excluding tert-OH is 1. The van der Waals surface area contributed by atoms with Gasteiger partial charge in [0, 0.05) is 5.41 Å². The summed E-state index contributed by atoms with van der Waals surface area (Å²) in [6.45, 7) is 0. The summed E-state index contributed by atoms with van der Waals surface area (Å²) < 4.78 is 26.4. The van der Waals surface area contributed by atoms with Gasteiger partial charge < -0.3 is 5.11 Å². The topological polar surface area (TPSA) is 20.2 Å². The monoisotopic (exact) mass is 288 g/mol. The van der Waals surface area contributed by atoms with Crippen LogP contribution in [0.1, 0.15) is 36.8 Å². The minimum atomic E-state index is -0.279. The van der Waals surface area contributed by atoms with Gasteiger partial charge in [-0.25, -0.2) is 8.78 Å². The zero-order chi connectivity index (χ0) is 14.9. The first-order valence-electron chi connectivity index (χ1n) is 7.30. The molecule has 0 spiro atoms. The van der Waals surface area contributed by atoms with Crippen LogP contribution in [-0.2, 0) is 5.41 Å². The van der Waals surface area contributed by atoms with E-state index >= 15 is 0 Å². The van der Waals surface area contributed by atoms with Crippen molar-refractivity contribution in [2.45, 2.75) is 37.2 Å². The minimum Gasteiger partial charge on any atom is -0.393 e. The first-order valence-corrected chi connectivity index (χ1v) is 7.30. The van der Waals surface area contributed by atoms with Crippen LogP contribution in [0.25, 0.3) is 0 Å². The minimum absolute atomic E-state index is 0.260. The summed E-state index contributed by atoms with van der Waals surface area (Å²) in [5.41, 5.74) is 1.80. The van der Waals surface area contributed by atoms with Gasteiger partial charge in [-0.05, 0) is 61.1 Å². The van der Waals surface area contributed by atoms with Gasteiger partial charge in [-0.3, -0.25) is 0 Å². The summed E-state index contributed by atoms with van der Waals surface area (Å²) in [6, 6.07) is 13.1. The number of hydrogen-bond donors (Lipinski definition) is 1. The zero-order valence-corrected chi connectivity index (χ0v) is 11.7. The summed E-state index contributed by atoms with van der Waals surface area (Å²) in [5, 5.41) is 9.80. The standard InChI is InChI=1S/C18H18F2O/c19-15-5-1-13(2-6-15)18(11-9-17(21)10-12-18)14-3-7-16(20)8-4-14/h1-8,17,21H,9-12H2. The lowest BCUT2D eigenvalue weighted by Gasteiger charge is -2.40. The molecule has 0 amide bonds. The lowest BCUT2D eigenvalue weighted by atomic mass is 9.65. The number of halogens is 2. The molecular formula is C18H18F2O. The van der Waals surface area contributed by atoms with Crippen molar-refractivity contribution in [2.24, 2.45) is 0 Å². The molecule has 110 valence electrons. The molecule has 1 aliphatic rings. The van der Waals surface area contributed by atoms with E-state index in [-0.39, 0.29) is 23.2 Å². The Morgan fingerprint density at radius 2 is 1.14 bits per heavy atom. The highest BCUT2D eigenvalue weighted by Crippen LogP contribution is 2.44. The van der Waals surface area contributed by atoms with Crippen LogP contribution in [0, 0.1) is 11.6 Å². The van der Waals surface area contributed by atoms with Crippen LogP contribution in [0.2, 0.25) is 0 Å². The van der Waals surface area contributed by atoms with Gasteiger partial charge in [0.05, 0.1) is 6.10 Å². The van der Waals surface area contributed by atoms with E-state index in [1.807, 2.05) is 0 Å². The van der Waals surface area contributed by atoms with E-state index in [9.17, 15) is 13.9 Å². The summed E-state index contributed by atoms with van der Waals surface area (Å²) in [6.07, 6.45) is 2.69. The van der Waals surface area contributed by atoms with E-state index < -0.39 is 0 Å². The van der Waals surface area contributed by atoms with Crippen molar-refractivity contribution in [1.29, 1.82) is 0 Å². The SMILES string of the molecule is OC1CCC(c2ccc(F)cc2)(c2ccc(F)cc2)CC1. The van der Waals surface area contributed by atoms with Gasteiger partial charge in [0.2, 0.25) is 0 Å². The highest BCUT2D eigenvalue weighted by Gasteiger charge is 2.37. The van der Waals surface area contributed by atoms with Crippen LogP contribution >= 0.6 is 0 Å². The maximum Gasteiger partial charge on any atom is 0.123 e. The lowest BCUT2D eigenvalue weighted by Crippen LogP contribution is -2.34. The third kappa shape index (κ3) is 2.70. The second kappa shape index (κ2) is 5.57. The lowest BCUT2D eigenvalue weighted by molar-refractivity contribution is 0.106. The van der Waals surface area contributed by atoms with Gasteiger partial charge in [-0.2, -0.15) is 0 Å². The predicted molar refractivity (Wildman–Crippen MR) is 78.1 cm³/mol. The molecule has 0 heterocycles. The van der Waals surface area contributed by atoms with Crippen molar-refractivity contribution in [3.05, 3.63) is 71.3 Å². The normalized spacial score (nSPS) is 18.6. The molecule has 0 bridgehead atoms. The van der Waals surface area contributed by atoms with Crippen molar-refractivity contribution in [3.8, 4) is 0 Å². The first-order chi connectivity index (χ1) is 10.1. The van der Waals surface area contributed by atoms with Crippen LogP contribution in [0.15, 0.2) is 48.5 Å². The average Bonchev–Trinajstić information content (AvgIpc) is 2.50. The van der Waals surface area contributed by atoms with Crippen LogP contribution in [0.3, 0.4) is 0 Å². The van der Waals surface area contributed by atoms with E-state index in [0.717, 1.165) is 24.0 Å². The van der Waals surface area contributed by atoms with E-state index in [0.29, 0.717) is 12.8 Å². The second-order valence-corrected chi connectivity index (χ2v) is 5.83. The number of rotatable bonds is 2. The molecule has 0 unspecified atom stereocenters. The van der Waals surface area contributed by atoms with E-state index in [4.69, 9.17) is 0 Å². The number of aliphatic hydroxyl groups is 1. The second-order valence-electron chi connectivity index (χ2n) is 5.83. The fourth-order valence-corrected chi connectivity index (χ4v) is 3.38. The molecule has 0 aliphatic heterocycles. The van der Waals surface area contributed by atoms with Gasteiger partial charge >= 0.3 is 0 Å². The van der Waals surface area contributed by atoms with Gasteiger partial charge in [0.1, 0.15) is 11.6 Å². The third-order valence-electron chi connectivity index (χ3n) is 4.60. The molecule has 21 heavy (non-hydrogen) atoms. The molecule has 2 aromatic rings. The average molecular weight is 288 g/mol. The van der Waals surface area contributed by atoms with Crippen molar-refractivity contribution < 1.29 is 13.9 Å². The van der Waals surface area contributed by atoms with Crippen LogP contribution in [0.4, 0.5) is 8.78 Å². The molecule has 2 aromatic carbocycles. The highest BCUT2D eigenvalue weighted by molar-refractivity contribution is 5.40. The van der Waals surface area contributed by atoms with Crippen molar-refractivity contribution >= 4 is 0 Å². The van der Waals surface area contributed by atoms with E-state index in [1.54, 1.807) is 24.3 Å². The Morgan fingerprint density at radius 3 is 1.52 bits per heavy atom. The Labute approximate surface area is 123 Å². The molecule has 1 nitrogen and oxygen atoms in total. The molecule has 1 saturated carbocycles. The molecule has 1 N–H and O–H groups in total. The van der Waals surface area contributed by atoms with Gasteiger partial charge in [-0.15, -0.1) is 0 Å². The van der Waals surface area contributed by atoms with Gasteiger partial charge in [-0.1, -0.05) is 24.3 Å². The van der Waals surface area contributed by atoms with Crippen molar-refractivity contribution in [3.63, 3.8) is 0 Å². The van der Waals surface area contributed by atoms with Crippen molar-refractivity contribution in [1.82, 2.24) is 0 Å². The highest BCUT2D eigenvalue weighted by atomic mass is 19.1. The first kappa shape index (κ1) is 14.2. The summed E-state index contributed by atoms with van der Waals surface area (Å²) in [7, 11) is 0. The predicted octanol–water partition coefficient (Wildman–Crippen LogP) is 4.19. The fourth-order valence-electron chi connectivity index (χ4n) is 3.38. The summed E-state index contributed by atoms with van der Waals surface area (Å²) >= 11 is 0. The van der Waals surface area contributed by atoms with Crippen LogP contribution < -0.4 is 0 Å². The van der Waals surface area contributed by atoms with Gasteiger partial charge in [0.15, 0.2) is 0 Å². The Morgan fingerprint density at radius 1 is 0.762 bits per heavy atom. The quantitative estimate of drug-likeness (QED) is 0.878. The van der Waals surface area contributed by atoms with Crippen molar-refractivity contribution in [2.75, 3.05) is 0 Å². The van der Waals surface area contributed by atoms with Crippen LogP contribution in [-0.4, -0.2) is 11.2 Å². The smallest absolute Gasteiger partial charge is 0.123 e. The molecule has 0 atom stereocenters. The number of hydrogen-bond acceptors (Lipinski definition) is 1. The Hall–Kier alpha value is -1.74. The van der Waals surface area contributed by atoms with E-state index in [2.05, 4.69) is 0 Å². The molecule has 0 aromatic heterocycles. The van der Waals surface area contributed by atoms with Gasteiger partial charge in [0.25, 0.3) is 0 Å². The zero-order valence-electron chi connectivity index (χ0n) is 11.7. The largest absolute Gasteiger partial charge is 0.393 e. The molecule has 1 aliphatic carbocycles. The molecular weight excluding hydrogens is 270 g/mol. The summed E-state index contributed by atoms with van der Waals surface area (Å²) in [4.78, 5) is 0. The molecule has 3 heteroatoms. The maximum absolute atomic E-state index is 13.2. The summed E-state index contributed by atoms with van der Waals surface area (Å²) in [5.74, 6) is -0.521. The fraction of sp³-hybridized carbons (Fsp3) is 0.333. The Bertz CT molecular complexity index is 549. The number of benzene rings is 2. The molecule has 0 radical (unpaired) electrons. The van der Waals surface area contributed by atoms with Crippen LogP contribution in [0.5, 0.6) is 0 Å². The Kier molecular flexibility index (Phi) is 3.77. The van der Waals surface area contributed by atoms with E-state index in [1.165, 1.54) is 24.3 Å². The molecule has 1 fully saturated rings. The maximum atomic E-state index is 13.2.